The molecule has 1 atom stereocenters. The summed E-state index contributed by atoms with van der Waals surface area (Å²) in [4.78, 5) is 9.69. The molecule has 31 heavy (non-hydrogen) atoms. The zero-order chi connectivity index (χ0) is 21.8. The van der Waals surface area contributed by atoms with Gasteiger partial charge in [0, 0.05) is 49.3 Å². The fraction of sp³-hybridized carbons (Fsp3) is 0.519. The van der Waals surface area contributed by atoms with Crippen molar-refractivity contribution in [3.63, 3.8) is 0 Å². The molecule has 166 valence electrons. The summed E-state index contributed by atoms with van der Waals surface area (Å²) in [6.45, 7) is 13.1. The van der Waals surface area contributed by atoms with Gasteiger partial charge in [-0.05, 0) is 73.1 Å². The second-order valence-corrected chi connectivity index (χ2v) is 8.53. The lowest BCUT2D eigenvalue weighted by Gasteiger charge is -2.34. The van der Waals surface area contributed by atoms with E-state index in [0.717, 1.165) is 31.7 Å². The maximum Gasteiger partial charge on any atom is 0.128 e. The van der Waals surface area contributed by atoms with E-state index in [4.69, 9.17) is 4.98 Å². The lowest BCUT2D eigenvalue weighted by Crippen LogP contribution is -2.37. The van der Waals surface area contributed by atoms with Gasteiger partial charge in [-0.1, -0.05) is 33.8 Å². The van der Waals surface area contributed by atoms with Crippen LogP contribution in [-0.2, 0) is 12.8 Å². The van der Waals surface area contributed by atoms with Crippen molar-refractivity contribution in [2.75, 3.05) is 36.4 Å². The summed E-state index contributed by atoms with van der Waals surface area (Å²) in [6, 6.07) is 9.45. The Kier molecular flexibility index (Phi) is 6.84. The molecule has 1 N–H and O–H groups in total. The normalized spacial score (nSPS) is 19.6. The SMILES string of the molecule is CC.CCc1cc2c(cc1CC)C(N1CCCC1)=CC(c1ccc(N3CCC3)nc1)N2. The van der Waals surface area contributed by atoms with Crippen LogP contribution in [0.3, 0.4) is 0 Å². The Labute approximate surface area is 188 Å². The number of nitrogens with zero attached hydrogens (tertiary/aromatic N) is 3. The van der Waals surface area contributed by atoms with E-state index in [1.807, 2.05) is 13.8 Å². The van der Waals surface area contributed by atoms with E-state index < -0.39 is 0 Å². The summed E-state index contributed by atoms with van der Waals surface area (Å²) in [7, 11) is 0. The van der Waals surface area contributed by atoms with Crippen LogP contribution in [0.5, 0.6) is 0 Å². The van der Waals surface area contributed by atoms with Crippen LogP contribution >= 0.6 is 0 Å². The first-order valence-electron chi connectivity index (χ1n) is 12.4. The summed E-state index contributed by atoms with van der Waals surface area (Å²) in [5, 5.41) is 3.81. The van der Waals surface area contributed by atoms with Crippen LogP contribution < -0.4 is 10.2 Å². The van der Waals surface area contributed by atoms with E-state index >= 15 is 0 Å². The molecule has 0 bridgehead atoms. The standard InChI is InChI=1S/C25H32N4.C2H6/c1-3-18-14-21-23(15-19(18)4-2)27-22(16-24(21)28-10-5-6-11-28)20-8-9-25(26-17-20)29-12-7-13-29;1-2/h8-9,14-17,22,27H,3-7,10-13H2,1-2H3;1-2H3. The molecule has 4 heterocycles. The van der Waals surface area contributed by atoms with E-state index in [1.165, 1.54) is 66.0 Å². The lowest BCUT2D eigenvalue weighted by molar-refractivity contribution is 0.489. The molecule has 0 spiro atoms. The minimum absolute atomic E-state index is 0.174. The Bertz CT molecular complexity index is 906. The number of aryl methyl sites for hydroxylation is 2. The monoisotopic (exact) mass is 418 g/mol. The third-order valence-electron chi connectivity index (χ3n) is 6.77. The summed E-state index contributed by atoms with van der Waals surface area (Å²) in [6.07, 6.45) is 10.5. The van der Waals surface area contributed by atoms with Crippen LogP contribution in [0.2, 0.25) is 0 Å². The van der Waals surface area contributed by atoms with Gasteiger partial charge < -0.3 is 15.1 Å². The van der Waals surface area contributed by atoms with Gasteiger partial charge in [-0.25, -0.2) is 4.98 Å². The van der Waals surface area contributed by atoms with Gasteiger partial charge in [-0.15, -0.1) is 0 Å². The van der Waals surface area contributed by atoms with Crippen molar-refractivity contribution in [3.05, 3.63) is 58.8 Å². The van der Waals surface area contributed by atoms with Crippen molar-refractivity contribution in [3.8, 4) is 0 Å². The Hall–Kier alpha value is -2.49. The molecule has 2 fully saturated rings. The molecule has 1 aromatic heterocycles. The van der Waals surface area contributed by atoms with Crippen LogP contribution in [0, 0.1) is 0 Å². The van der Waals surface area contributed by atoms with Gasteiger partial charge in [0.05, 0.1) is 6.04 Å². The molecular weight excluding hydrogens is 380 g/mol. The third-order valence-corrected chi connectivity index (χ3v) is 6.77. The molecule has 0 saturated carbocycles. The number of likely N-dealkylation sites (tertiary alicyclic amines) is 1. The van der Waals surface area contributed by atoms with Crippen molar-refractivity contribution in [1.29, 1.82) is 0 Å². The van der Waals surface area contributed by atoms with E-state index in [1.54, 1.807) is 0 Å². The smallest absolute Gasteiger partial charge is 0.128 e. The van der Waals surface area contributed by atoms with Crippen LogP contribution in [0.4, 0.5) is 11.5 Å². The van der Waals surface area contributed by atoms with Gasteiger partial charge in [0.1, 0.15) is 5.82 Å². The lowest BCUT2D eigenvalue weighted by atomic mass is 9.92. The van der Waals surface area contributed by atoms with Gasteiger partial charge in [-0.3, -0.25) is 0 Å². The number of benzene rings is 1. The van der Waals surface area contributed by atoms with Crippen LogP contribution in [0.15, 0.2) is 36.5 Å². The van der Waals surface area contributed by atoms with Gasteiger partial charge >= 0.3 is 0 Å². The highest BCUT2D eigenvalue weighted by molar-refractivity contribution is 5.81. The number of fused-ring (bicyclic) bond motifs is 1. The summed E-state index contributed by atoms with van der Waals surface area (Å²) < 4.78 is 0. The van der Waals surface area contributed by atoms with Crippen molar-refractivity contribution < 1.29 is 0 Å². The molecule has 0 amide bonds. The molecule has 5 rings (SSSR count). The average Bonchev–Trinajstić information content (AvgIpc) is 3.33. The number of aromatic nitrogens is 1. The first kappa shape index (κ1) is 21.7. The maximum absolute atomic E-state index is 4.76. The number of pyridine rings is 1. The van der Waals surface area contributed by atoms with Crippen molar-refractivity contribution in [2.24, 2.45) is 0 Å². The van der Waals surface area contributed by atoms with Gasteiger partial charge in [0.15, 0.2) is 0 Å². The molecule has 0 aliphatic carbocycles. The fourth-order valence-corrected chi connectivity index (χ4v) is 4.86. The molecule has 3 aliphatic rings. The molecule has 3 aliphatic heterocycles. The Morgan fingerprint density at radius 1 is 0.903 bits per heavy atom. The number of nitrogens with one attached hydrogen (secondary N) is 1. The van der Waals surface area contributed by atoms with Gasteiger partial charge in [0.25, 0.3) is 0 Å². The topological polar surface area (TPSA) is 31.4 Å². The van der Waals surface area contributed by atoms with Crippen LogP contribution in [-0.4, -0.2) is 36.1 Å². The van der Waals surface area contributed by atoms with E-state index in [2.05, 4.69) is 65.5 Å². The highest BCUT2D eigenvalue weighted by Gasteiger charge is 2.27. The van der Waals surface area contributed by atoms with E-state index in [0.29, 0.717) is 0 Å². The first-order valence-corrected chi connectivity index (χ1v) is 12.4. The molecule has 0 radical (unpaired) electrons. The minimum atomic E-state index is 0.174. The molecule has 2 saturated heterocycles. The Balaban J connectivity index is 0.00000112. The average molecular weight is 419 g/mol. The molecule has 4 heteroatoms. The predicted octanol–water partition coefficient (Wildman–Crippen LogP) is 6.05. The zero-order valence-electron chi connectivity index (χ0n) is 19.7. The second kappa shape index (κ2) is 9.76. The van der Waals surface area contributed by atoms with E-state index in [9.17, 15) is 0 Å². The zero-order valence-corrected chi connectivity index (χ0v) is 19.7. The molecule has 1 unspecified atom stereocenters. The highest BCUT2D eigenvalue weighted by Crippen LogP contribution is 2.40. The quantitative estimate of drug-likeness (QED) is 0.641. The maximum atomic E-state index is 4.76. The number of hydrogen-bond donors (Lipinski definition) is 1. The van der Waals surface area contributed by atoms with Crippen LogP contribution in [0.1, 0.15) is 75.3 Å². The number of hydrogen-bond acceptors (Lipinski definition) is 4. The fourth-order valence-electron chi connectivity index (χ4n) is 4.86. The number of rotatable bonds is 5. The van der Waals surface area contributed by atoms with E-state index in [-0.39, 0.29) is 6.04 Å². The summed E-state index contributed by atoms with van der Waals surface area (Å²) in [5.41, 5.74) is 8.26. The molecule has 2 aromatic rings. The Morgan fingerprint density at radius 3 is 2.16 bits per heavy atom. The first-order chi connectivity index (χ1) is 15.3. The Morgan fingerprint density at radius 2 is 1.58 bits per heavy atom. The van der Waals surface area contributed by atoms with Crippen molar-refractivity contribution >= 4 is 17.2 Å². The molecule has 1 aromatic carbocycles. The highest BCUT2D eigenvalue weighted by atomic mass is 15.2. The molecular formula is C27H38N4. The minimum Gasteiger partial charge on any atom is -0.374 e. The van der Waals surface area contributed by atoms with Crippen molar-refractivity contribution in [2.45, 2.75) is 65.8 Å². The third kappa shape index (κ3) is 4.30. The predicted molar refractivity (Wildman–Crippen MR) is 133 cm³/mol. The van der Waals surface area contributed by atoms with Gasteiger partial charge in [0.2, 0.25) is 0 Å². The second-order valence-electron chi connectivity index (χ2n) is 8.53. The largest absolute Gasteiger partial charge is 0.374 e. The summed E-state index contributed by atoms with van der Waals surface area (Å²) >= 11 is 0. The van der Waals surface area contributed by atoms with Crippen LogP contribution in [0.25, 0.3) is 5.70 Å². The summed E-state index contributed by atoms with van der Waals surface area (Å²) in [5.74, 6) is 1.11. The number of anilines is 2. The van der Waals surface area contributed by atoms with Gasteiger partial charge in [-0.2, -0.15) is 0 Å². The molecule has 4 nitrogen and oxygen atoms in total. The van der Waals surface area contributed by atoms with Crippen molar-refractivity contribution in [1.82, 2.24) is 9.88 Å².